The monoisotopic (exact) mass is 655 g/mol. The number of amides is 3. The van der Waals surface area contributed by atoms with Crippen LogP contribution in [0.15, 0.2) is 91.4 Å². The maximum Gasteiger partial charge on any atom is 0.306 e. The summed E-state index contributed by atoms with van der Waals surface area (Å²) in [5.74, 6) is -1.65. The first-order chi connectivity index (χ1) is 23.2. The van der Waals surface area contributed by atoms with Crippen molar-refractivity contribution in [2.45, 2.75) is 50.3 Å². The molecule has 11 nitrogen and oxygen atoms in total. The van der Waals surface area contributed by atoms with E-state index in [1.807, 2.05) is 6.92 Å². The molecule has 0 bridgehead atoms. The lowest BCUT2D eigenvalue weighted by atomic mass is 9.84. The van der Waals surface area contributed by atoms with Crippen molar-refractivity contribution in [3.05, 3.63) is 120 Å². The molecule has 3 aromatic carbocycles. The number of benzene rings is 3. The molecule has 3 amide bonds. The van der Waals surface area contributed by atoms with Gasteiger partial charge in [0.15, 0.2) is 5.60 Å². The van der Waals surface area contributed by atoms with Gasteiger partial charge in [-0.3, -0.25) is 19.2 Å². The van der Waals surface area contributed by atoms with Crippen LogP contribution in [0.4, 0.5) is 4.39 Å². The molecule has 1 aliphatic heterocycles. The maximum atomic E-state index is 14.1. The van der Waals surface area contributed by atoms with E-state index in [1.54, 1.807) is 80.0 Å². The van der Waals surface area contributed by atoms with Gasteiger partial charge in [0, 0.05) is 36.7 Å². The minimum Gasteiger partial charge on any atom is -0.497 e. The summed E-state index contributed by atoms with van der Waals surface area (Å²) in [5, 5.41) is 5.68. The average Bonchev–Trinajstić information content (AvgIpc) is 3.60. The normalized spacial score (nSPS) is 14.6. The molecule has 0 aliphatic carbocycles. The number of likely N-dealkylation sites (tertiary alicyclic amines) is 1. The Bertz CT molecular complexity index is 1690. The number of H-pyrrole nitrogens is 1. The van der Waals surface area contributed by atoms with E-state index >= 15 is 0 Å². The summed E-state index contributed by atoms with van der Waals surface area (Å²) in [6.07, 6.45) is 4.04. The second-order valence-corrected chi connectivity index (χ2v) is 11.7. The van der Waals surface area contributed by atoms with Gasteiger partial charge in [-0.1, -0.05) is 49.4 Å². The van der Waals surface area contributed by atoms with Crippen molar-refractivity contribution < 1.29 is 33.0 Å². The molecular formula is C36H38FN5O6. The summed E-state index contributed by atoms with van der Waals surface area (Å²) in [7, 11) is 1.55. The summed E-state index contributed by atoms with van der Waals surface area (Å²) >= 11 is 0. The molecule has 4 aromatic rings. The Hall–Kier alpha value is -5.52. The maximum absolute atomic E-state index is 14.1. The quantitative estimate of drug-likeness (QED) is 0.176. The summed E-state index contributed by atoms with van der Waals surface area (Å²) < 4.78 is 24.9. The fourth-order valence-corrected chi connectivity index (χ4v) is 5.61. The second-order valence-electron chi connectivity index (χ2n) is 11.7. The summed E-state index contributed by atoms with van der Waals surface area (Å²) in [5.41, 5.74) is 1.16. The average molecular weight is 656 g/mol. The van der Waals surface area contributed by atoms with Crippen LogP contribution in [-0.4, -0.2) is 70.8 Å². The van der Waals surface area contributed by atoms with Gasteiger partial charge in [0.25, 0.3) is 5.91 Å². The topological polar surface area (TPSA) is 143 Å². The predicted molar refractivity (Wildman–Crippen MR) is 174 cm³/mol. The van der Waals surface area contributed by atoms with Gasteiger partial charge in [0.05, 0.1) is 26.5 Å². The number of halogens is 1. The van der Waals surface area contributed by atoms with E-state index in [-0.39, 0.29) is 32.4 Å². The van der Waals surface area contributed by atoms with Crippen LogP contribution < -0.4 is 15.4 Å². The number of hydrogen-bond acceptors (Lipinski definition) is 7. The highest BCUT2D eigenvalue weighted by Crippen LogP contribution is 2.37. The SMILES string of the molecule is CCCC(=O)OC1(c2ccc(F)cc2)CN(C(=O)C(Cc2ccc(OC)cc2)NC(=O)C(Cc2cnc[nH]2)NC(=O)c2ccccc2)C1. The van der Waals surface area contributed by atoms with Gasteiger partial charge in [0.2, 0.25) is 11.8 Å². The molecule has 48 heavy (non-hydrogen) atoms. The van der Waals surface area contributed by atoms with Crippen molar-refractivity contribution in [2.75, 3.05) is 20.2 Å². The molecule has 250 valence electrons. The van der Waals surface area contributed by atoms with Crippen LogP contribution in [0.25, 0.3) is 0 Å². The van der Waals surface area contributed by atoms with Gasteiger partial charge in [-0.15, -0.1) is 0 Å². The van der Waals surface area contributed by atoms with Crippen LogP contribution in [0, 0.1) is 5.82 Å². The Morgan fingerprint density at radius 2 is 1.65 bits per heavy atom. The summed E-state index contributed by atoms with van der Waals surface area (Å²) in [4.78, 5) is 62.3. The number of rotatable bonds is 14. The number of aromatic amines is 1. The third kappa shape index (κ3) is 8.24. The fourth-order valence-electron chi connectivity index (χ4n) is 5.61. The first-order valence-corrected chi connectivity index (χ1v) is 15.7. The summed E-state index contributed by atoms with van der Waals surface area (Å²) in [6.45, 7) is 1.89. The lowest BCUT2D eigenvalue weighted by molar-refractivity contribution is -0.189. The number of nitrogens with zero attached hydrogens (tertiary/aromatic N) is 2. The molecular weight excluding hydrogens is 617 g/mol. The predicted octanol–water partition coefficient (Wildman–Crippen LogP) is 3.71. The zero-order valence-corrected chi connectivity index (χ0v) is 26.8. The Morgan fingerprint density at radius 3 is 2.27 bits per heavy atom. The molecule has 2 atom stereocenters. The molecule has 3 N–H and O–H groups in total. The van der Waals surface area contributed by atoms with Gasteiger partial charge in [-0.05, 0) is 53.9 Å². The Balaban J connectivity index is 1.39. The third-order valence-corrected chi connectivity index (χ3v) is 8.19. The Morgan fingerprint density at radius 1 is 0.938 bits per heavy atom. The Kier molecular flexibility index (Phi) is 10.8. The first kappa shape index (κ1) is 33.8. The zero-order valence-electron chi connectivity index (χ0n) is 26.8. The number of ether oxygens (including phenoxy) is 2. The molecule has 0 spiro atoms. The number of esters is 1. The molecule has 2 unspecified atom stereocenters. The van der Waals surface area contributed by atoms with Gasteiger partial charge < -0.3 is 30.0 Å². The van der Waals surface area contributed by atoms with E-state index < -0.39 is 47.2 Å². The van der Waals surface area contributed by atoms with E-state index in [4.69, 9.17) is 9.47 Å². The standard InChI is InChI=1S/C36H38FN5O6/c1-3-7-32(43)48-36(26-12-14-27(37)15-13-26)21-42(22-36)35(46)31(18-24-10-16-29(47-2)17-11-24)41-34(45)30(19-28-20-38-23-39-28)40-33(44)25-8-5-4-6-9-25/h4-6,8-17,20,23,30-31H,3,7,18-19,21-22H2,1-2H3,(H,38,39)(H,40,44)(H,41,45). The van der Waals surface area contributed by atoms with Gasteiger partial charge in [-0.25, -0.2) is 9.37 Å². The lowest BCUT2D eigenvalue weighted by Crippen LogP contribution is -2.66. The van der Waals surface area contributed by atoms with E-state index in [9.17, 15) is 23.6 Å². The van der Waals surface area contributed by atoms with Crippen LogP contribution in [0.2, 0.25) is 0 Å². The molecule has 0 saturated carbocycles. The Labute approximate surface area is 277 Å². The number of nitrogens with one attached hydrogen (secondary N) is 3. The number of carbonyl (C=O) groups excluding carboxylic acids is 4. The molecule has 0 radical (unpaired) electrons. The minimum absolute atomic E-state index is 0.0181. The van der Waals surface area contributed by atoms with Crippen molar-refractivity contribution in [1.29, 1.82) is 0 Å². The molecule has 1 fully saturated rings. The van der Waals surface area contributed by atoms with E-state index in [0.717, 1.165) is 5.56 Å². The minimum atomic E-state index is -1.16. The number of imidazole rings is 1. The number of methoxy groups -OCH3 is 1. The molecule has 1 aliphatic rings. The first-order valence-electron chi connectivity index (χ1n) is 15.7. The molecule has 1 aromatic heterocycles. The number of aromatic nitrogens is 2. The molecule has 12 heteroatoms. The smallest absolute Gasteiger partial charge is 0.306 e. The van der Waals surface area contributed by atoms with Gasteiger partial charge in [-0.2, -0.15) is 0 Å². The zero-order chi connectivity index (χ0) is 34.1. The van der Waals surface area contributed by atoms with Crippen LogP contribution >= 0.6 is 0 Å². The third-order valence-electron chi connectivity index (χ3n) is 8.19. The van der Waals surface area contributed by atoms with Crippen LogP contribution in [0.5, 0.6) is 5.75 Å². The van der Waals surface area contributed by atoms with E-state index in [1.165, 1.54) is 23.4 Å². The van der Waals surface area contributed by atoms with Gasteiger partial charge in [0.1, 0.15) is 23.7 Å². The van der Waals surface area contributed by atoms with Crippen LogP contribution in [-0.2, 0) is 37.6 Å². The fraction of sp³-hybridized carbons (Fsp3) is 0.306. The van der Waals surface area contributed by atoms with Crippen molar-refractivity contribution in [1.82, 2.24) is 25.5 Å². The molecule has 1 saturated heterocycles. The van der Waals surface area contributed by atoms with Crippen molar-refractivity contribution >= 4 is 23.7 Å². The van der Waals surface area contributed by atoms with E-state index in [0.29, 0.717) is 29.0 Å². The number of hydrogen-bond donors (Lipinski definition) is 3. The van der Waals surface area contributed by atoms with Crippen molar-refractivity contribution in [2.24, 2.45) is 0 Å². The lowest BCUT2D eigenvalue weighted by Gasteiger charge is -2.50. The highest BCUT2D eigenvalue weighted by molar-refractivity contribution is 5.98. The molecule has 5 rings (SSSR count). The number of carbonyl (C=O) groups is 4. The second kappa shape index (κ2) is 15.4. The van der Waals surface area contributed by atoms with Crippen molar-refractivity contribution in [3.63, 3.8) is 0 Å². The highest BCUT2D eigenvalue weighted by atomic mass is 19.1. The van der Waals surface area contributed by atoms with Crippen LogP contribution in [0.1, 0.15) is 46.9 Å². The molecule has 2 heterocycles. The van der Waals surface area contributed by atoms with Crippen LogP contribution in [0.3, 0.4) is 0 Å². The largest absolute Gasteiger partial charge is 0.497 e. The van der Waals surface area contributed by atoms with E-state index in [2.05, 4.69) is 20.6 Å². The summed E-state index contributed by atoms with van der Waals surface area (Å²) in [6, 6.07) is 19.2. The van der Waals surface area contributed by atoms with Crippen molar-refractivity contribution in [3.8, 4) is 5.75 Å². The van der Waals surface area contributed by atoms with Gasteiger partial charge >= 0.3 is 5.97 Å². The highest BCUT2D eigenvalue weighted by Gasteiger charge is 2.51.